The van der Waals surface area contributed by atoms with Crippen molar-refractivity contribution >= 4 is 0 Å². The van der Waals surface area contributed by atoms with Gasteiger partial charge in [0.25, 0.3) is 5.56 Å². The summed E-state index contributed by atoms with van der Waals surface area (Å²) < 4.78 is 0. The summed E-state index contributed by atoms with van der Waals surface area (Å²) in [5, 5.41) is 8.08. The first-order chi connectivity index (χ1) is 8.83. The van der Waals surface area contributed by atoms with E-state index in [2.05, 4.69) is 20.2 Å². The molecule has 0 amide bonds. The van der Waals surface area contributed by atoms with E-state index in [1.165, 1.54) is 17.2 Å². The maximum Gasteiger partial charge on any atom is 0.251 e. The van der Waals surface area contributed by atoms with Gasteiger partial charge in [0, 0.05) is 11.6 Å². The molecule has 0 aliphatic carbocycles. The number of H-pyrrole nitrogens is 1. The lowest BCUT2D eigenvalue weighted by molar-refractivity contribution is 0.752. The summed E-state index contributed by atoms with van der Waals surface area (Å²) in [5.74, 6) is 0. The minimum atomic E-state index is -0.169. The summed E-state index contributed by atoms with van der Waals surface area (Å²) in [6.45, 7) is 0. The number of nitrogens with one attached hydrogen (secondary N) is 1. The highest BCUT2D eigenvalue weighted by atomic mass is 16.1. The zero-order valence-electron chi connectivity index (χ0n) is 9.32. The average Bonchev–Trinajstić information content (AvgIpc) is 2.93. The summed E-state index contributed by atoms with van der Waals surface area (Å²) in [5.41, 5.74) is 2.20. The maximum atomic E-state index is 11.2. The Hall–Kier alpha value is -2.76. The van der Waals surface area contributed by atoms with Crippen LogP contribution >= 0.6 is 0 Å². The highest BCUT2D eigenvalue weighted by Gasteiger charge is 2.01. The molecule has 88 valence electrons. The predicted molar refractivity (Wildman–Crippen MR) is 65.2 cm³/mol. The van der Waals surface area contributed by atoms with Crippen LogP contribution in [0.5, 0.6) is 0 Å². The van der Waals surface area contributed by atoms with Gasteiger partial charge in [0.05, 0.1) is 30.1 Å². The summed E-state index contributed by atoms with van der Waals surface area (Å²) in [6.07, 6.45) is 4.62. The zero-order valence-corrected chi connectivity index (χ0v) is 9.32. The number of nitrogens with zero attached hydrogens (tertiary/aromatic N) is 4. The monoisotopic (exact) mass is 239 g/mol. The number of hydrogen-bond acceptors (Lipinski definition) is 4. The second-order valence-electron chi connectivity index (χ2n) is 3.66. The SMILES string of the molecule is O=c1cc(-c2ccc(-n3nccn3)cc2)nc[nH]1. The quantitative estimate of drug-likeness (QED) is 0.724. The Morgan fingerprint density at radius 3 is 2.44 bits per heavy atom. The number of hydrogen-bond donors (Lipinski definition) is 1. The number of aromatic nitrogens is 5. The Labute approximate surface area is 102 Å². The minimum Gasteiger partial charge on any atom is -0.313 e. The van der Waals surface area contributed by atoms with Crippen molar-refractivity contribution in [2.24, 2.45) is 0 Å². The molecule has 0 aliphatic heterocycles. The Morgan fingerprint density at radius 2 is 1.78 bits per heavy atom. The maximum absolute atomic E-state index is 11.2. The highest BCUT2D eigenvalue weighted by molar-refractivity contribution is 5.59. The van der Waals surface area contributed by atoms with Crippen LogP contribution in [0.3, 0.4) is 0 Å². The Bertz CT molecular complexity index is 700. The topological polar surface area (TPSA) is 76.5 Å². The number of benzene rings is 1. The van der Waals surface area contributed by atoms with Crippen LogP contribution in [0, 0.1) is 0 Å². The molecule has 0 spiro atoms. The molecule has 18 heavy (non-hydrogen) atoms. The number of rotatable bonds is 2. The second-order valence-corrected chi connectivity index (χ2v) is 3.66. The Kier molecular flexibility index (Phi) is 2.45. The largest absolute Gasteiger partial charge is 0.313 e. The standard InChI is InChI=1S/C12H9N5O/c18-12-7-11(13-8-14-12)9-1-3-10(4-2-9)17-15-5-6-16-17/h1-8H,(H,13,14,18). The first-order valence-corrected chi connectivity index (χ1v) is 5.35. The Morgan fingerprint density at radius 1 is 1.06 bits per heavy atom. The first kappa shape index (κ1) is 10.4. The van der Waals surface area contributed by atoms with Gasteiger partial charge in [-0.15, -0.1) is 0 Å². The predicted octanol–water partition coefficient (Wildman–Crippen LogP) is 1.02. The Balaban J connectivity index is 1.99. The van der Waals surface area contributed by atoms with Gasteiger partial charge >= 0.3 is 0 Å². The van der Waals surface area contributed by atoms with Gasteiger partial charge in [-0.25, -0.2) is 4.98 Å². The molecule has 0 saturated heterocycles. The van der Waals surface area contributed by atoms with Crippen molar-refractivity contribution in [3.05, 3.63) is 59.4 Å². The van der Waals surface area contributed by atoms with Crippen molar-refractivity contribution in [2.45, 2.75) is 0 Å². The van der Waals surface area contributed by atoms with Gasteiger partial charge in [0.2, 0.25) is 0 Å². The van der Waals surface area contributed by atoms with Crippen LogP contribution in [-0.2, 0) is 0 Å². The summed E-state index contributed by atoms with van der Waals surface area (Å²) in [7, 11) is 0. The lowest BCUT2D eigenvalue weighted by atomic mass is 10.1. The summed E-state index contributed by atoms with van der Waals surface area (Å²) in [4.78, 5) is 19.3. The van der Waals surface area contributed by atoms with Crippen molar-refractivity contribution in [1.29, 1.82) is 0 Å². The minimum absolute atomic E-state index is 0.169. The first-order valence-electron chi connectivity index (χ1n) is 5.35. The van der Waals surface area contributed by atoms with E-state index in [-0.39, 0.29) is 5.56 Å². The van der Waals surface area contributed by atoms with Crippen molar-refractivity contribution in [2.75, 3.05) is 0 Å². The molecule has 1 aromatic carbocycles. The lowest BCUT2D eigenvalue weighted by Gasteiger charge is -2.02. The third-order valence-electron chi connectivity index (χ3n) is 2.49. The van der Waals surface area contributed by atoms with Crippen molar-refractivity contribution < 1.29 is 0 Å². The zero-order chi connectivity index (χ0) is 12.4. The van der Waals surface area contributed by atoms with Gasteiger partial charge in [-0.3, -0.25) is 4.79 Å². The fourth-order valence-corrected chi connectivity index (χ4v) is 1.64. The van der Waals surface area contributed by atoms with Crippen molar-refractivity contribution in [3.63, 3.8) is 0 Å². The van der Waals surface area contributed by atoms with Crippen LogP contribution in [-0.4, -0.2) is 25.0 Å². The third kappa shape index (κ3) is 1.91. The highest BCUT2D eigenvalue weighted by Crippen LogP contribution is 2.16. The van der Waals surface area contributed by atoms with E-state index in [1.54, 1.807) is 12.4 Å². The summed E-state index contributed by atoms with van der Waals surface area (Å²) in [6, 6.07) is 8.96. The molecule has 0 radical (unpaired) electrons. The van der Waals surface area contributed by atoms with Crippen LogP contribution in [0.2, 0.25) is 0 Å². The van der Waals surface area contributed by atoms with Gasteiger partial charge in [0.15, 0.2) is 0 Å². The van der Waals surface area contributed by atoms with Crippen molar-refractivity contribution in [3.8, 4) is 16.9 Å². The van der Waals surface area contributed by atoms with E-state index in [0.717, 1.165) is 11.3 Å². The molecule has 0 atom stereocenters. The van der Waals surface area contributed by atoms with Crippen molar-refractivity contribution in [1.82, 2.24) is 25.0 Å². The average molecular weight is 239 g/mol. The number of aromatic amines is 1. The fraction of sp³-hybridized carbons (Fsp3) is 0. The molecule has 0 unspecified atom stereocenters. The van der Waals surface area contributed by atoms with Gasteiger partial charge in [-0.2, -0.15) is 15.0 Å². The fourth-order valence-electron chi connectivity index (χ4n) is 1.64. The van der Waals surface area contributed by atoms with E-state index in [4.69, 9.17) is 0 Å². The third-order valence-corrected chi connectivity index (χ3v) is 2.49. The van der Waals surface area contributed by atoms with Crippen LogP contribution in [0.25, 0.3) is 16.9 Å². The normalized spacial score (nSPS) is 10.4. The molecule has 2 heterocycles. The molecule has 2 aromatic heterocycles. The molecule has 3 rings (SSSR count). The molecule has 6 heteroatoms. The molecule has 6 nitrogen and oxygen atoms in total. The second kappa shape index (κ2) is 4.25. The van der Waals surface area contributed by atoms with Crippen LogP contribution < -0.4 is 5.56 Å². The molecule has 0 saturated carbocycles. The molecule has 3 aromatic rings. The van der Waals surface area contributed by atoms with E-state index >= 15 is 0 Å². The molecule has 0 fully saturated rings. The molecule has 0 aliphatic rings. The van der Waals surface area contributed by atoms with Crippen LogP contribution in [0.4, 0.5) is 0 Å². The van der Waals surface area contributed by atoms with E-state index in [9.17, 15) is 4.79 Å². The van der Waals surface area contributed by atoms with Gasteiger partial charge in [0.1, 0.15) is 0 Å². The summed E-state index contributed by atoms with van der Waals surface area (Å²) >= 11 is 0. The smallest absolute Gasteiger partial charge is 0.251 e. The molecular formula is C12H9N5O. The van der Waals surface area contributed by atoms with Gasteiger partial charge in [-0.05, 0) is 12.1 Å². The lowest BCUT2D eigenvalue weighted by Crippen LogP contribution is -2.04. The van der Waals surface area contributed by atoms with Gasteiger partial charge < -0.3 is 4.98 Å². The molecular weight excluding hydrogens is 230 g/mol. The van der Waals surface area contributed by atoms with E-state index < -0.39 is 0 Å². The van der Waals surface area contributed by atoms with Crippen LogP contribution in [0.15, 0.2) is 53.8 Å². The van der Waals surface area contributed by atoms with E-state index in [0.29, 0.717) is 5.69 Å². The van der Waals surface area contributed by atoms with E-state index in [1.807, 2.05) is 24.3 Å². The molecule has 1 N–H and O–H groups in total. The van der Waals surface area contributed by atoms with Gasteiger partial charge in [-0.1, -0.05) is 12.1 Å². The molecule has 0 bridgehead atoms. The van der Waals surface area contributed by atoms with Crippen LogP contribution in [0.1, 0.15) is 0 Å².